The lowest BCUT2D eigenvalue weighted by Gasteiger charge is -2.42. The number of hydrogen-bond acceptors (Lipinski definition) is 14. The summed E-state index contributed by atoms with van der Waals surface area (Å²) in [7, 11) is 0. The molecule has 11 atom stereocenters. The van der Waals surface area contributed by atoms with Crippen LogP contribution in [0, 0.1) is 0 Å². The molecule has 2 aliphatic heterocycles. The minimum absolute atomic E-state index is 0.0344. The SMILES string of the molecule is CC/C=C\C/C=C\C/C=C\C/C=C\C/C=C\C/C=C\C/C=C\CCCCCCOCC(COC1OC(COC2OC(CO)C(O)C(O)C2O)C(O)C(O)C1O)OC(=O)CCCCCCCCCCCC/C=C\C/C=C\C/C=C\CCCCCCC. The summed E-state index contributed by atoms with van der Waals surface area (Å²) >= 11 is 0. The van der Waals surface area contributed by atoms with Crippen molar-refractivity contribution in [1.82, 2.24) is 0 Å². The summed E-state index contributed by atoms with van der Waals surface area (Å²) < 4.78 is 34.5. The zero-order valence-corrected chi connectivity index (χ0v) is 52.5. The lowest BCUT2D eigenvalue weighted by atomic mass is 9.98. The van der Waals surface area contributed by atoms with Gasteiger partial charge in [-0.1, -0.05) is 225 Å². The van der Waals surface area contributed by atoms with Crippen molar-refractivity contribution < 1.29 is 69.0 Å². The van der Waals surface area contributed by atoms with E-state index in [1.54, 1.807) is 0 Å². The summed E-state index contributed by atoms with van der Waals surface area (Å²) in [5.41, 5.74) is 0. The second-order valence-electron chi connectivity index (χ2n) is 22.6. The minimum Gasteiger partial charge on any atom is -0.457 e. The van der Waals surface area contributed by atoms with E-state index in [1.165, 1.54) is 77.0 Å². The summed E-state index contributed by atoms with van der Waals surface area (Å²) in [6.07, 6.45) is 62.6. The van der Waals surface area contributed by atoms with Gasteiger partial charge in [0.15, 0.2) is 12.6 Å². The molecule has 486 valence electrons. The highest BCUT2D eigenvalue weighted by Gasteiger charge is 2.47. The van der Waals surface area contributed by atoms with Crippen LogP contribution in [0.4, 0.5) is 0 Å². The lowest BCUT2D eigenvalue weighted by Crippen LogP contribution is -2.61. The average Bonchev–Trinajstić information content (AvgIpc) is 2.82. The van der Waals surface area contributed by atoms with Gasteiger partial charge >= 0.3 is 5.97 Å². The fourth-order valence-electron chi connectivity index (χ4n) is 9.68. The molecule has 2 saturated heterocycles. The number of aliphatic hydroxyl groups is 7. The maximum absolute atomic E-state index is 13.1. The maximum Gasteiger partial charge on any atom is 0.306 e. The zero-order valence-electron chi connectivity index (χ0n) is 52.5. The van der Waals surface area contributed by atoms with E-state index in [0.29, 0.717) is 13.0 Å². The molecular formula is C71H118O14. The van der Waals surface area contributed by atoms with E-state index >= 15 is 0 Å². The van der Waals surface area contributed by atoms with Crippen LogP contribution < -0.4 is 0 Å². The summed E-state index contributed by atoms with van der Waals surface area (Å²) in [5, 5.41) is 72.6. The number of carbonyl (C=O) groups excluding carboxylic acids is 1. The van der Waals surface area contributed by atoms with E-state index in [9.17, 15) is 40.5 Å². The molecule has 0 radical (unpaired) electrons. The van der Waals surface area contributed by atoms with E-state index in [1.807, 2.05) is 0 Å². The molecule has 2 heterocycles. The predicted octanol–water partition coefficient (Wildman–Crippen LogP) is 13.6. The van der Waals surface area contributed by atoms with Crippen molar-refractivity contribution in [2.75, 3.05) is 33.0 Å². The summed E-state index contributed by atoms with van der Waals surface area (Å²) in [6.45, 7) is 3.49. The largest absolute Gasteiger partial charge is 0.457 e. The molecule has 0 aromatic heterocycles. The van der Waals surface area contributed by atoms with Gasteiger partial charge in [-0.15, -0.1) is 0 Å². The second-order valence-corrected chi connectivity index (χ2v) is 22.6. The van der Waals surface area contributed by atoms with Gasteiger partial charge in [0.1, 0.15) is 54.9 Å². The lowest BCUT2D eigenvalue weighted by molar-refractivity contribution is -0.332. The molecule has 0 bridgehead atoms. The molecule has 0 spiro atoms. The molecule has 7 N–H and O–H groups in total. The van der Waals surface area contributed by atoms with Gasteiger partial charge in [0, 0.05) is 13.0 Å². The molecule has 85 heavy (non-hydrogen) atoms. The van der Waals surface area contributed by atoms with E-state index in [-0.39, 0.29) is 19.6 Å². The van der Waals surface area contributed by atoms with Gasteiger partial charge in [-0.05, 0) is 109 Å². The molecular weight excluding hydrogens is 1080 g/mol. The number of hydrogen-bond donors (Lipinski definition) is 7. The summed E-state index contributed by atoms with van der Waals surface area (Å²) in [4.78, 5) is 13.1. The van der Waals surface area contributed by atoms with Crippen LogP contribution in [-0.2, 0) is 33.2 Å². The number of esters is 1. The highest BCUT2D eigenvalue weighted by atomic mass is 16.7. The Labute approximate surface area is 514 Å². The number of unbranched alkanes of at least 4 members (excludes halogenated alkanes) is 19. The minimum atomic E-state index is -1.72. The molecule has 2 rings (SSSR count). The Hall–Kier alpha value is -3.61. The quantitative estimate of drug-likeness (QED) is 0.0172. The monoisotopic (exact) mass is 1190 g/mol. The molecule has 11 unspecified atom stereocenters. The number of ether oxygens (including phenoxy) is 6. The Morgan fingerprint density at radius 1 is 0.400 bits per heavy atom. The predicted molar refractivity (Wildman–Crippen MR) is 344 cm³/mol. The van der Waals surface area contributed by atoms with Crippen molar-refractivity contribution in [2.24, 2.45) is 0 Å². The fourth-order valence-corrected chi connectivity index (χ4v) is 9.68. The standard InChI is InChI=1S/C71H118O14/c1-3-5-7-9-11-13-15-17-19-21-23-25-27-29-31-33-35-37-39-41-43-45-47-49-51-53-55-80-57-60(58-81-70-69(79)67(77)65(75)62(85-70)59-82-71-68(78)66(76)64(74)61(56-72)84-71)83-63(73)54-52-50-48-46-44-42-40-38-36-34-32-30-28-26-24-22-20-18-16-14-12-10-8-6-4-2/h5,7,11,13,16-19,22-25,28-31,35,37,41,43,60-62,64-72,74-79H,3-4,6,8-10,12,14-15,20-21,26-27,32-34,36,38-40,42,44-59H2,1-2H3/b7-5-,13-11-,18-16-,19-17-,24-22-,25-23-,30-28-,31-29-,37-35-,43-41-. The molecule has 0 saturated carbocycles. The summed E-state index contributed by atoms with van der Waals surface area (Å²) in [5.74, 6) is -0.393. The van der Waals surface area contributed by atoms with Crippen molar-refractivity contribution in [3.63, 3.8) is 0 Å². The van der Waals surface area contributed by atoms with Gasteiger partial charge in [0.05, 0.1) is 26.4 Å². The number of allylic oxidation sites excluding steroid dienone is 20. The van der Waals surface area contributed by atoms with Crippen molar-refractivity contribution in [3.05, 3.63) is 122 Å². The number of rotatable bonds is 53. The highest BCUT2D eigenvalue weighted by Crippen LogP contribution is 2.27. The van der Waals surface area contributed by atoms with Gasteiger partial charge in [0.25, 0.3) is 0 Å². The van der Waals surface area contributed by atoms with Crippen LogP contribution in [0.5, 0.6) is 0 Å². The molecule has 2 aliphatic rings. The Morgan fingerprint density at radius 2 is 0.765 bits per heavy atom. The third-order valence-electron chi connectivity index (χ3n) is 15.0. The van der Waals surface area contributed by atoms with Gasteiger partial charge in [-0.3, -0.25) is 4.79 Å². The molecule has 0 aromatic rings. The number of carbonyl (C=O) groups is 1. The van der Waals surface area contributed by atoms with E-state index in [4.69, 9.17) is 28.4 Å². The maximum atomic E-state index is 13.1. The third kappa shape index (κ3) is 41.3. The Bertz CT molecular complexity index is 1870. The van der Waals surface area contributed by atoms with Crippen LogP contribution >= 0.6 is 0 Å². The zero-order chi connectivity index (χ0) is 61.5. The average molecular weight is 1200 g/mol. The molecule has 0 aliphatic carbocycles. The van der Waals surface area contributed by atoms with Crippen LogP contribution in [0.1, 0.15) is 219 Å². The second kappa shape index (κ2) is 55.7. The normalized spacial score (nSPS) is 24.0. The summed E-state index contributed by atoms with van der Waals surface area (Å²) in [6, 6.07) is 0. The Morgan fingerprint density at radius 3 is 1.20 bits per heavy atom. The van der Waals surface area contributed by atoms with E-state index < -0.39 is 86.7 Å². The van der Waals surface area contributed by atoms with Gasteiger partial charge in [-0.25, -0.2) is 0 Å². The van der Waals surface area contributed by atoms with Crippen molar-refractivity contribution in [1.29, 1.82) is 0 Å². The first-order valence-electron chi connectivity index (χ1n) is 33.1. The fraction of sp³-hybridized carbons (Fsp3) is 0.704. The van der Waals surface area contributed by atoms with Crippen molar-refractivity contribution in [3.8, 4) is 0 Å². The van der Waals surface area contributed by atoms with E-state index in [0.717, 1.165) is 116 Å². The van der Waals surface area contributed by atoms with E-state index in [2.05, 4.69) is 135 Å². The molecule has 14 nitrogen and oxygen atoms in total. The van der Waals surface area contributed by atoms with Crippen LogP contribution in [0.2, 0.25) is 0 Å². The number of aliphatic hydroxyl groups excluding tert-OH is 7. The van der Waals surface area contributed by atoms with Gasteiger partial charge in [-0.2, -0.15) is 0 Å². The topological polar surface area (TPSA) is 214 Å². The third-order valence-corrected chi connectivity index (χ3v) is 15.0. The van der Waals surface area contributed by atoms with Gasteiger partial charge in [0.2, 0.25) is 0 Å². The first kappa shape index (κ1) is 77.5. The van der Waals surface area contributed by atoms with Crippen LogP contribution in [0.25, 0.3) is 0 Å². The molecule has 14 heteroatoms. The Kier molecular flexibility index (Phi) is 50.8. The van der Waals surface area contributed by atoms with Crippen LogP contribution in [0.15, 0.2) is 122 Å². The Balaban J connectivity index is 1.69. The molecule has 0 aromatic carbocycles. The van der Waals surface area contributed by atoms with Crippen molar-refractivity contribution in [2.45, 2.75) is 287 Å². The highest BCUT2D eigenvalue weighted by molar-refractivity contribution is 5.69. The first-order valence-corrected chi connectivity index (χ1v) is 33.1. The first-order chi connectivity index (χ1) is 41.6. The molecule has 0 amide bonds. The van der Waals surface area contributed by atoms with Crippen LogP contribution in [0.3, 0.4) is 0 Å². The molecule has 2 fully saturated rings. The van der Waals surface area contributed by atoms with Gasteiger partial charge < -0.3 is 64.2 Å². The van der Waals surface area contributed by atoms with Crippen LogP contribution in [-0.4, -0.2) is 142 Å². The smallest absolute Gasteiger partial charge is 0.306 e. The van der Waals surface area contributed by atoms with Crippen molar-refractivity contribution >= 4 is 5.97 Å².